The summed E-state index contributed by atoms with van der Waals surface area (Å²) in [4.78, 5) is 2.51. The van der Waals surface area contributed by atoms with Gasteiger partial charge >= 0.3 is 0 Å². The van der Waals surface area contributed by atoms with Crippen molar-refractivity contribution >= 4 is 48.6 Å². The van der Waals surface area contributed by atoms with E-state index in [2.05, 4.69) is 208 Å². The molecule has 0 N–H and O–H groups in total. The zero-order valence-corrected chi connectivity index (χ0v) is 32.0. The molecule has 0 fully saturated rings. The van der Waals surface area contributed by atoms with Gasteiger partial charge in [0.15, 0.2) is 0 Å². The molecule has 2 aliphatic carbocycles. The molecule has 0 aliphatic heterocycles. The van der Waals surface area contributed by atoms with Crippen LogP contribution in [0.2, 0.25) is 0 Å². The summed E-state index contributed by atoms with van der Waals surface area (Å²) in [5.74, 6) is 0. The van der Waals surface area contributed by atoms with Crippen LogP contribution in [0.25, 0.3) is 53.6 Å². The molecule has 9 aromatic rings. The number of fused-ring (bicyclic) bond motifs is 9. The van der Waals surface area contributed by atoms with Crippen LogP contribution < -0.4 is 4.90 Å². The average molecular weight is 722 g/mol. The lowest BCUT2D eigenvalue weighted by atomic mass is 9.74. The molecule has 1 aromatic heterocycles. The van der Waals surface area contributed by atoms with Crippen molar-refractivity contribution in [2.75, 3.05) is 4.90 Å². The average Bonchev–Trinajstić information content (AvgIpc) is 3.82. The molecule has 0 radical (unpaired) electrons. The maximum absolute atomic E-state index is 2.51. The standard InChI is InChI=1S/C53H39NS/c1-52(2)44-23-11-8-21-41(44)51-40(22-15-25-47(51)52)38-19-9-13-26-48(38)54(36-29-31-50-43(33-36)39-20-10-14-27-49(39)55-50)35-28-30-46-42(32-35)37-18-7-12-24-45(37)53(46,3)34-16-5-4-6-17-34/h4-33H,1-3H3. The predicted molar refractivity (Wildman–Crippen MR) is 234 cm³/mol. The SMILES string of the molecule is CC1(C)c2ccccc2-c2c(-c3ccccc3N(c3ccc4c(c3)-c3ccccc3C4(C)c3ccccc3)c3ccc4sc5ccccc5c4c3)cccc21. The zero-order chi connectivity index (χ0) is 36.9. The Morgan fingerprint density at radius 3 is 1.85 bits per heavy atom. The van der Waals surface area contributed by atoms with Crippen molar-refractivity contribution in [3.63, 3.8) is 0 Å². The number of anilines is 3. The Kier molecular flexibility index (Phi) is 6.97. The summed E-state index contributed by atoms with van der Waals surface area (Å²) >= 11 is 1.87. The molecule has 0 bridgehead atoms. The lowest BCUT2D eigenvalue weighted by molar-refractivity contribution is 0.660. The number of thiophene rings is 1. The molecule has 262 valence electrons. The van der Waals surface area contributed by atoms with Crippen LogP contribution in [0, 0.1) is 0 Å². The van der Waals surface area contributed by atoms with E-state index in [0.717, 1.165) is 17.1 Å². The first-order valence-corrected chi connectivity index (χ1v) is 20.1. The molecular weight excluding hydrogens is 683 g/mol. The van der Waals surface area contributed by atoms with Gasteiger partial charge in [-0.25, -0.2) is 0 Å². The van der Waals surface area contributed by atoms with Gasteiger partial charge in [-0.1, -0.05) is 153 Å². The third kappa shape index (κ3) is 4.59. The van der Waals surface area contributed by atoms with Crippen molar-refractivity contribution in [1.29, 1.82) is 0 Å². The van der Waals surface area contributed by atoms with Gasteiger partial charge in [0.2, 0.25) is 0 Å². The van der Waals surface area contributed by atoms with Crippen molar-refractivity contribution in [1.82, 2.24) is 0 Å². The van der Waals surface area contributed by atoms with Gasteiger partial charge in [-0.15, -0.1) is 11.3 Å². The third-order valence-electron chi connectivity index (χ3n) is 12.6. The maximum atomic E-state index is 2.51. The Morgan fingerprint density at radius 2 is 1.00 bits per heavy atom. The third-order valence-corrected chi connectivity index (χ3v) is 13.7. The fourth-order valence-electron chi connectivity index (χ4n) is 9.87. The molecule has 1 heterocycles. The van der Waals surface area contributed by atoms with Gasteiger partial charge in [0.05, 0.1) is 5.69 Å². The van der Waals surface area contributed by atoms with Crippen LogP contribution in [-0.4, -0.2) is 0 Å². The number of nitrogens with zero attached hydrogens (tertiary/aromatic N) is 1. The quantitative estimate of drug-likeness (QED) is 0.171. The number of hydrogen-bond donors (Lipinski definition) is 0. The lowest BCUT2D eigenvalue weighted by Crippen LogP contribution is -2.22. The van der Waals surface area contributed by atoms with Gasteiger partial charge in [0.1, 0.15) is 0 Å². The topological polar surface area (TPSA) is 3.24 Å². The fraction of sp³-hybridized carbons (Fsp3) is 0.0943. The number of hydrogen-bond acceptors (Lipinski definition) is 2. The van der Waals surface area contributed by atoms with Gasteiger partial charge in [0.25, 0.3) is 0 Å². The van der Waals surface area contributed by atoms with Crippen LogP contribution >= 0.6 is 11.3 Å². The van der Waals surface area contributed by atoms with Crippen LogP contribution in [0.1, 0.15) is 48.6 Å². The minimum atomic E-state index is -0.256. The van der Waals surface area contributed by atoms with Crippen LogP contribution in [0.15, 0.2) is 182 Å². The van der Waals surface area contributed by atoms with Crippen molar-refractivity contribution < 1.29 is 0 Å². The van der Waals surface area contributed by atoms with E-state index >= 15 is 0 Å². The summed E-state index contributed by atoms with van der Waals surface area (Å²) in [5.41, 5.74) is 17.7. The minimum Gasteiger partial charge on any atom is -0.310 e. The summed E-state index contributed by atoms with van der Waals surface area (Å²) in [6, 6.07) is 68.0. The summed E-state index contributed by atoms with van der Waals surface area (Å²) in [5, 5.41) is 2.60. The highest BCUT2D eigenvalue weighted by molar-refractivity contribution is 7.25. The smallest absolute Gasteiger partial charge is 0.0540 e. The number of rotatable bonds is 5. The molecule has 0 saturated carbocycles. The Morgan fingerprint density at radius 1 is 0.400 bits per heavy atom. The van der Waals surface area contributed by atoms with Crippen molar-refractivity contribution in [3.8, 4) is 33.4 Å². The molecule has 8 aromatic carbocycles. The second-order valence-electron chi connectivity index (χ2n) is 15.8. The highest BCUT2D eigenvalue weighted by Crippen LogP contribution is 2.56. The van der Waals surface area contributed by atoms with Crippen LogP contribution in [0.3, 0.4) is 0 Å². The number of benzene rings is 8. The normalized spacial score (nSPS) is 16.1. The first-order chi connectivity index (χ1) is 26.9. The molecule has 11 rings (SSSR count). The van der Waals surface area contributed by atoms with Crippen LogP contribution in [-0.2, 0) is 10.8 Å². The second-order valence-corrected chi connectivity index (χ2v) is 16.9. The van der Waals surface area contributed by atoms with Gasteiger partial charge in [-0.3, -0.25) is 0 Å². The molecule has 2 heteroatoms. The number of para-hydroxylation sites is 1. The van der Waals surface area contributed by atoms with Crippen molar-refractivity contribution in [2.24, 2.45) is 0 Å². The molecule has 55 heavy (non-hydrogen) atoms. The monoisotopic (exact) mass is 721 g/mol. The Bertz CT molecular complexity index is 2990. The molecule has 1 atom stereocenters. The van der Waals surface area contributed by atoms with Gasteiger partial charge in [-0.2, -0.15) is 0 Å². The lowest BCUT2D eigenvalue weighted by Gasteiger charge is -2.31. The molecule has 0 spiro atoms. The van der Waals surface area contributed by atoms with E-state index in [-0.39, 0.29) is 10.8 Å². The zero-order valence-electron chi connectivity index (χ0n) is 31.2. The van der Waals surface area contributed by atoms with Crippen molar-refractivity contribution in [2.45, 2.75) is 31.6 Å². The Balaban J connectivity index is 1.18. The second kappa shape index (κ2) is 11.9. The van der Waals surface area contributed by atoms with Gasteiger partial charge < -0.3 is 4.90 Å². The van der Waals surface area contributed by atoms with Crippen LogP contribution in [0.5, 0.6) is 0 Å². The van der Waals surface area contributed by atoms with Gasteiger partial charge in [0, 0.05) is 47.9 Å². The summed E-state index contributed by atoms with van der Waals surface area (Å²) in [6.45, 7) is 7.13. The Hall–Kier alpha value is -6.22. The van der Waals surface area contributed by atoms with E-state index in [1.165, 1.54) is 81.4 Å². The summed E-state index contributed by atoms with van der Waals surface area (Å²) in [6.07, 6.45) is 0. The first-order valence-electron chi connectivity index (χ1n) is 19.3. The van der Waals surface area contributed by atoms with Crippen LogP contribution in [0.4, 0.5) is 17.1 Å². The van der Waals surface area contributed by atoms with E-state index in [1.807, 2.05) is 11.3 Å². The van der Waals surface area contributed by atoms with E-state index in [9.17, 15) is 0 Å². The van der Waals surface area contributed by atoms with Crippen molar-refractivity contribution in [3.05, 3.63) is 210 Å². The summed E-state index contributed by atoms with van der Waals surface area (Å²) in [7, 11) is 0. The van der Waals surface area contributed by atoms with E-state index in [0.29, 0.717) is 0 Å². The molecule has 0 amide bonds. The molecular formula is C53H39NS. The molecule has 2 aliphatic rings. The molecule has 1 nitrogen and oxygen atoms in total. The van der Waals surface area contributed by atoms with E-state index < -0.39 is 0 Å². The minimum absolute atomic E-state index is 0.0829. The first kappa shape index (κ1) is 32.2. The summed E-state index contributed by atoms with van der Waals surface area (Å²) < 4.78 is 2.62. The highest BCUT2D eigenvalue weighted by Gasteiger charge is 2.41. The molecule has 0 saturated heterocycles. The van der Waals surface area contributed by atoms with Gasteiger partial charge in [-0.05, 0) is 105 Å². The molecule has 1 unspecified atom stereocenters. The maximum Gasteiger partial charge on any atom is 0.0540 e. The van der Waals surface area contributed by atoms with E-state index in [4.69, 9.17) is 0 Å². The Labute approximate surface area is 326 Å². The fourth-order valence-corrected chi connectivity index (χ4v) is 11.0. The predicted octanol–water partition coefficient (Wildman–Crippen LogP) is 14.8. The van der Waals surface area contributed by atoms with E-state index in [1.54, 1.807) is 0 Å². The largest absolute Gasteiger partial charge is 0.310 e. The highest BCUT2D eigenvalue weighted by atomic mass is 32.1.